The van der Waals surface area contributed by atoms with Gasteiger partial charge in [-0.2, -0.15) is 9.78 Å². The smallest absolute Gasteiger partial charge is 0.252 e. The van der Waals surface area contributed by atoms with Gasteiger partial charge >= 0.3 is 0 Å². The Hall–Kier alpha value is -3.85. The number of hydrogen-bond acceptors (Lipinski definition) is 6. The molecule has 0 radical (unpaired) electrons. The maximum Gasteiger partial charge on any atom is 0.252 e. The number of nitrogens with one attached hydrogen (secondary N) is 1. The molecule has 4 aromatic rings. The van der Waals surface area contributed by atoms with Crippen LogP contribution in [-0.2, 0) is 17.8 Å². The number of ether oxygens (including phenoxy) is 2. The van der Waals surface area contributed by atoms with Crippen LogP contribution in [-0.4, -0.2) is 39.0 Å². The van der Waals surface area contributed by atoms with Crippen LogP contribution in [0.3, 0.4) is 0 Å². The fourth-order valence-electron chi connectivity index (χ4n) is 4.56. The fourth-order valence-corrected chi connectivity index (χ4v) is 4.56. The zero-order valence-electron chi connectivity index (χ0n) is 19.3. The van der Waals surface area contributed by atoms with E-state index >= 15 is 0 Å². The number of aryl methyl sites for hydroxylation is 1. The molecule has 0 unspecified atom stereocenters. The van der Waals surface area contributed by atoms with Gasteiger partial charge in [-0.1, -0.05) is 6.07 Å². The molecule has 0 spiro atoms. The fraction of sp³-hybridized carbons (Fsp3) is 0.308. The number of hydrogen-bond donors (Lipinski definition) is 1. The summed E-state index contributed by atoms with van der Waals surface area (Å²) in [7, 11) is 0. The van der Waals surface area contributed by atoms with Crippen LogP contribution in [0.5, 0.6) is 5.75 Å². The zero-order chi connectivity index (χ0) is 23.9. The van der Waals surface area contributed by atoms with Crippen LogP contribution >= 0.6 is 0 Å². The Morgan fingerprint density at radius 3 is 2.94 bits per heavy atom. The van der Waals surface area contributed by atoms with E-state index in [-0.39, 0.29) is 18.5 Å². The van der Waals surface area contributed by atoms with Crippen LogP contribution in [0.4, 0.5) is 4.39 Å². The molecule has 6 rings (SSSR count). The Bertz CT molecular complexity index is 1430. The van der Waals surface area contributed by atoms with Gasteiger partial charge in [-0.3, -0.25) is 4.79 Å². The van der Waals surface area contributed by atoms with Crippen molar-refractivity contribution in [3.63, 3.8) is 0 Å². The first kappa shape index (κ1) is 21.7. The Labute approximate surface area is 201 Å². The number of benzene rings is 1. The van der Waals surface area contributed by atoms with Crippen LogP contribution in [0, 0.1) is 12.7 Å². The Morgan fingerprint density at radius 1 is 1.26 bits per heavy atom. The van der Waals surface area contributed by atoms with E-state index in [1.54, 1.807) is 10.9 Å². The quantitative estimate of drug-likeness (QED) is 0.456. The number of aromatic nitrogens is 4. The van der Waals surface area contributed by atoms with Crippen molar-refractivity contribution in [3.8, 4) is 11.6 Å². The molecule has 178 valence electrons. The van der Waals surface area contributed by atoms with Crippen molar-refractivity contribution in [2.75, 3.05) is 13.3 Å². The molecule has 3 aromatic heterocycles. The van der Waals surface area contributed by atoms with Gasteiger partial charge in [-0.15, -0.1) is 0 Å². The lowest BCUT2D eigenvalue weighted by Crippen LogP contribution is -2.26. The third kappa shape index (κ3) is 4.12. The monoisotopic (exact) mass is 473 g/mol. The molecule has 1 fully saturated rings. The first-order valence-electron chi connectivity index (χ1n) is 11.7. The summed E-state index contributed by atoms with van der Waals surface area (Å²) < 4.78 is 26.6. The maximum absolute atomic E-state index is 14.1. The Morgan fingerprint density at radius 2 is 2.14 bits per heavy atom. The van der Waals surface area contributed by atoms with E-state index in [2.05, 4.69) is 15.4 Å². The molecule has 1 amide bonds. The predicted octanol–water partition coefficient (Wildman–Crippen LogP) is 3.98. The average Bonchev–Trinajstić information content (AvgIpc) is 3.67. The molecule has 0 bridgehead atoms. The molecule has 1 aromatic carbocycles. The molecule has 8 nitrogen and oxygen atoms in total. The molecule has 0 saturated heterocycles. The van der Waals surface area contributed by atoms with Crippen molar-refractivity contribution < 1.29 is 18.7 Å². The van der Waals surface area contributed by atoms with Gasteiger partial charge in [0.2, 0.25) is 0 Å². The number of amides is 1. The third-order valence-corrected chi connectivity index (χ3v) is 6.37. The molecule has 1 N–H and O–H groups in total. The van der Waals surface area contributed by atoms with E-state index in [9.17, 15) is 9.18 Å². The molecular formula is C26H24FN5O3. The van der Waals surface area contributed by atoms with Crippen LogP contribution in [0.2, 0.25) is 0 Å². The minimum Gasteiger partial charge on any atom is -0.467 e. The van der Waals surface area contributed by atoms with Gasteiger partial charge in [0.25, 0.3) is 5.91 Å². The summed E-state index contributed by atoms with van der Waals surface area (Å²) in [5.74, 6) is 1.09. The van der Waals surface area contributed by atoms with Crippen molar-refractivity contribution in [3.05, 3.63) is 76.5 Å². The van der Waals surface area contributed by atoms with E-state index in [0.29, 0.717) is 70.5 Å². The summed E-state index contributed by atoms with van der Waals surface area (Å²) in [6, 6.07) is 10.4. The van der Waals surface area contributed by atoms with Gasteiger partial charge in [0, 0.05) is 29.9 Å². The topological polar surface area (TPSA) is 91.2 Å². The van der Waals surface area contributed by atoms with Gasteiger partial charge in [0.1, 0.15) is 11.6 Å². The number of nitrogens with zero attached hydrogens (tertiary/aromatic N) is 4. The minimum atomic E-state index is -0.346. The second-order valence-electron chi connectivity index (χ2n) is 8.92. The number of carbonyl (C=O) groups excluding carboxylic acids is 1. The Kier molecular flexibility index (Phi) is 5.41. The van der Waals surface area contributed by atoms with E-state index in [0.717, 1.165) is 18.5 Å². The summed E-state index contributed by atoms with van der Waals surface area (Å²) in [5.41, 5.74) is 4.16. The maximum atomic E-state index is 14.1. The van der Waals surface area contributed by atoms with Gasteiger partial charge < -0.3 is 14.8 Å². The van der Waals surface area contributed by atoms with E-state index in [4.69, 9.17) is 14.5 Å². The summed E-state index contributed by atoms with van der Waals surface area (Å²) in [6.07, 6.45) is 4.26. The first-order valence-corrected chi connectivity index (χ1v) is 11.7. The van der Waals surface area contributed by atoms with Crippen LogP contribution in [0.15, 0.2) is 42.6 Å². The van der Waals surface area contributed by atoms with Crippen LogP contribution < -0.4 is 10.1 Å². The minimum absolute atomic E-state index is 0.135. The summed E-state index contributed by atoms with van der Waals surface area (Å²) in [6.45, 7) is 2.64. The first-order chi connectivity index (χ1) is 17.1. The van der Waals surface area contributed by atoms with Gasteiger partial charge in [0.15, 0.2) is 18.3 Å². The normalized spacial score (nSPS) is 15.0. The van der Waals surface area contributed by atoms with Crippen molar-refractivity contribution in [1.29, 1.82) is 0 Å². The predicted molar refractivity (Wildman–Crippen MR) is 126 cm³/mol. The largest absolute Gasteiger partial charge is 0.467 e. The molecule has 2 aliphatic rings. The number of halogens is 1. The van der Waals surface area contributed by atoms with Gasteiger partial charge in [-0.25, -0.2) is 14.4 Å². The van der Waals surface area contributed by atoms with Crippen molar-refractivity contribution in [2.24, 2.45) is 0 Å². The molecule has 1 aliphatic heterocycles. The van der Waals surface area contributed by atoms with E-state index in [1.165, 1.54) is 12.1 Å². The molecule has 0 atom stereocenters. The standard InChI is InChI=1S/C26H24FN5O3/c1-15-23-20(26(33)29-9-7-17-10-19(27)11-18-13-34-14-35-24(17)18)12-21(16-5-6-16)30-25(23)32(31-15)22-4-2-3-8-28-22/h2-4,8,10-12,16H,5-7,9,13-14H2,1H3,(H,29,33). The molecular weight excluding hydrogens is 449 g/mol. The van der Waals surface area contributed by atoms with Gasteiger partial charge in [0.05, 0.1) is 23.3 Å². The van der Waals surface area contributed by atoms with Gasteiger partial charge in [-0.05, 0) is 62.1 Å². The van der Waals surface area contributed by atoms with E-state index < -0.39 is 0 Å². The SMILES string of the molecule is Cc1nn(-c2ccccn2)c2nc(C3CC3)cc(C(=O)NCCc3cc(F)cc4c3OCOC4)c12. The lowest BCUT2D eigenvalue weighted by Gasteiger charge is -2.21. The highest BCUT2D eigenvalue weighted by Crippen LogP contribution is 2.40. The molecule has 1 saturated carbocycles. The second-order valence-corrected chi connectivity index (χ2v) is 8.92. The number of rotatable bonds is 6. The van der Waals surface area contributed by atoms with E-state index in [1.807, 2.05) is 31.2 Å². The number of pyridine rings is 2. The Balaban J connectivity index is 1.30. The van der Waals surface area contributed by atoms with Crippen LogP contribution in [0.1, 0.15) is 51.6 Å². The highest BCUT2D eigenvalue weighted by molar-refractivity contribution is 6.06. The highest BCUT2D eigenvalue weighted by Gasteiger charge is 2.29. The molecule has 1 aliphatic carbocycles. The summed E-state index contributed by atoms with van der Waals surface area (Å²) in [4.78, 5) is 22.7. The average molecular weight is 474 g/mol. The zero-order valence-corrected chi connectivity index (χ0v) is 19.3. The third-order valence-electron chi connectivity index (χ3n) is 6.37. The van der Waals surface area contributed by atoms with Crippen molar-refractivity contribution >= 4 is 16.9 Å². The number of carbonyl (C=O) groups is 1. The molecule has 9 heteroatoms. The van der Waals surface area contributed by atoms with Crippen LogP contribution in [0.25, 0.3) is 16.9 Å². The van der Waals surface area contributed by atoms with Crippen molar-refractivity contribution in [1.82, 2.24) is 25.1 Å². The lowest BCUT2D eigenvalue weighted by atomic mass is 10.0. The summed E-state index contributed by atoms with van der Waals surface area (Å²) in [5, 5.41) is 8.36. The molecule has 4 heterocycles. The highest BCUT2D eigenvalue weighted by atomic mass is 19.1. The second kappa shape index (κ2) is 8.74. The summed E-state index contributed by atoms with van der Waals surface area (Å²) >= 11 is 0. The molecule has 35 heavy (non-hydrogen) atoms. The lowest BCUT2D eigenvalue weighted by molar-refractivity contribution is -0.0172. The van der Waals surface area contributed by atoms with Crippen molar-refractivity contribution in [2.45, 2.75) is 38.7 Å². The number of fused-ring (bicyclic) bond motifs is 2.